The molecular weight excluding hydrogens is 160 g/mol. The van der Waals surface area contributed by atoms with Gasteiger partial charge in [-0.25, -0.2) is 4.79 Å². The van der Waals surface area contributed by atoms with Crippen molar-refractivity contribution in [1.82, 2.24) is 0 Å². The number of hydrogen-bond acceptors (Lipinski definition) is 3. The van der Waals surface area contributed by atoms with Gasteiger partial charge in [-0.1, -0.05) is 4.36 Å². The first kappa shape index (κ1) is 11.2. The van der Waals surface area contributed by atoms with E-state index in [1.165, 1.54) is 0 Å². The molecule has 0 saturated carbocycles. The van der Waals surface area contributed by atoms with Gasteiger partial charge in [-0.3, -0.25) is 0 Å². The second-order valence-corrected chi connectivity index (χ2v) is 1.26. The van der Waals surface area contributed by atoms with Crippen molar-refractivity contribution in [2.24, 2.45) is 10.1 Å². The van der Waals surface area contributed by atoms with Crippen molar-refractivity contribution < 1.29 is 13.2 Å². The number of carbonyl (C=O) groups excluding carboxylic acids is 1. The van der Waals surface area contributed by atoms with Gasteiger partial charge in [0.25, 0.3) is 0 Å². The number of amides is 2. The molecule has 0 unspecified atom stereocenters. The summed E-state index contributed by atoms with van der Waals surface area (Å²) in [5.74, 6) is 0. The number of nitrogens with zero attached hydrogens (tertiary/aromatic N) is 1. The Balaban J connectivity index is 0. The van der Waals surface area contributed by atoms with Gasteiger partial charge in [-0.2, -0.15) is 8.42 Å². The quantitative estimate of drug-likeness (QED) is 0.451. The fourth-order valence-electron chi connectivity index (χ4n) is 0.0735. The Labute approximate surface area is 76.9 Å². The third-order valence-corrected chi connectivity index (χ3v) is 0.494. The normalized spacial score (nSPS) is 6.50. The van der Waals surface area contributed by atoms with Crippen LogP contribution >= 0.6 is 0 Å². The first-order chi connectivity index (χ1) is 3.13. The predicted octanol–water partition coefficient (Wildman–Crippen LogP) is -1.25. The first-order valence-corrected chi connectivity index (χ1v) is 2.26. The smallest absolute Gasteiger partial charge is 0.349 e. The Morgan fingerprint density at radius 1 is 1.50 bits per heavy atom. The van der Waals surface area contributed by atoms with Crippen LogP contribution in [-0.4, -0.2) is 52.2 Å². The molecule has 2 amide bonds. The van der Waals surface area contributed by atoms with Crippen LogP contribution in [0, 0.1) is 0 Å². The van der Waals surface area contributed by atoms with Crippen LogP contribution in [0.4, 0.5) is 4.79 Å². The summed E-state index contributed by atoms with van der Waals surface area (Å²) in [5, 5.41) is 0. The van der Waals surface area contributed by atoms with E-state index in [0.717, 1.165) is 0 Å². The molecule has 0 aromatic carbocycles. The van der Waals surface area contributed by atoms with Crippen molar-refractivity contribution in [2.45, 2.75) is 0 Å². The summed E-state index contributed by atoms with van der Waals surface area (Å²) in [7, 11) is -2.70. The van der Waals surface area contributed by atoms with E-state index in [4.69, 9.17) is 0 Å². The fraction of sp³-hybridized carbons (Fsp3) is 0. The molecular formula is CH2CaN2O3S. The molecule has 0 aromatic rings. The molecule has 0 aliphatic heterocycles. The molecule has 0 rings (SSSR count). The topological polar surface area (TPSA) is 89.6 Å². The van der Waals surface area contributed by atoms with E-state index < -0.39 is 16.5 Å². The second-order valence-electron chi connectivity index (χ2n) is 0.647. The summed E-state index contributed by atoms with van der Waals surface area (Å²) in [5.41, 5.74) is 4.29. The van der Waals surface area contributed by atoms with Gasteiger partial charge < -0.3 is 5.73 Å². The number of hydrogen-bond donors (Lipinski definition) is 1. The van der Waals surface area contributed by atoms with Crippen LogP contribution in [0.15, 0.2) is 4.36 Å². The molecule has 2 radical (unpaired) electrons. The van der Waals surface area contributed by atoms with E-state index in [1.807, 2.05) is 0 Å². The van der Waals surface area contributed by atoms with Crippen molar-refractivity contribution in [2.75, 3.05) is 0 Å². The number of nitrogens with two attached hydrogens (primary N) is 1. The van der Waals surface area contributed by atoms with E-state index in [9.17, 15) is 13.2 Å². The Morgan fingerprint density at radius 3 is 1.88 bits per heavy atom. The van der Waals surface area contributed by atoms with Crippen molar-refractivity contribution in [3.63, 3.8) is 0 Å². The monoisotopic (exact) mass is 162 g/mol. The van der Waals surface area contributed by atoms with Crippen LogP contribution in [0.3, 0.4) is 0 Å². The molecule has 0 aromatic heterocycles. The molecule has 0 atom stereocenters. The summed E-state index contributed by atoms with van der Waals surface area (Å²) in [6, 6.07) is -1.20. The second kappa shape index (κ2) is 5.49. The van der Waals surface area contributed by atoms with Crippen LogP contribution in [-0.2, 0) is 10.5 Å². The number of carbonyl (C=O) groups is 1. The van der Waals surface area contributed by atoms with Gasteiger partial charge in [0, 0.05) is 37.7 Å². The van der Waals surface area contributed by atoms with E-state index >= 15 is 0 Å². The zero-order valence-electron chi connectivity index (χ0n) is 3.86. The van der Waals surface area contributed by atoms with E-state index in [2.05, 4.69) is 10.1 Å². The maximum absolute atomic E-state index is 9.47. The largest absolute Gasteiger partial charge is 0.353 e. The first-order valence-electron chi connectivity index (χ1n) is 1.23. The predicted molar refractivity (Wildman–Crippen MR) is 26.7 cm³/mol. The van der Waals surface area contributed by atoms with Gasteiger partial charge in [0.1, 0.15) is 0 Å². The average molecular weight is 162 g/mol. The van der Waals surface area contributed by atoms with E-state index in [1.54, 1.807) is 0 Å². The minimum absolute atomic E-state index is 0. The summed E-state index contributed by atoms with van der Waals surface area (Å²) >= 11 is 0. The molecule has 5 nitrogen and oxygen atoms in total. The molecule has 0 spiro atoms. The van der Waals surface area contributed by atoms with Crippen molar-refractivity contribution in [3.05, 3.63) is 0 Å². The van der Waals surface area contributed by atoms with Gasteiger partial charge >= 0.3 is 16.5 Å². The SMILES string of the molecule is NC(=O)N=S(=O)=O.[Ca]. The minimum Gasteiger partial charge on any atom is -0.349 e. The van der Waals surface area contributed by atoms with Crippen LogP contribution in [0.25, 0.3) is 0 Å². The molecule has 0 saturated heterocycles. The van der Waals surface area contributed by atoms with Gasteiger partial charge in [0.05, 0.1) is 0 Å². The Morgan fingerprint density at radius 2 is 1.88 bits per heavy atom. The molecule has 0 aliphatic rings. The number of primary amides is 1. The molecule has 2 N–H and O–H groups in total. The maximum atomic E-state index is 9.47. The summed E-state index contributed by atoms with van der Waals surface area (Å²) in [6.07, 6.45) is 0. The molecule has 7 heteroatoms. The zero-order chi connectivity index (χ0) is 5.86. The van der Waals surface area contributed by atoms with Crippen LogP contribution in [0.5, 0.6) is 0 Å². The van der Waals surface area contributed by atoms with Gasteiger partial charge in [0.15, 0.2) is 0 Å². The minimum atomic E-state index is -2.70. The molecule has 0 heterocycles. The molecule has 8 heavy (non-hydrogen) atoms. The Bertz CT molecular complexity index is 185. The zero-order valence-corrected chi connectivity index (χ0v) is 6.89. The molecule has 42 valence electrons. The molecule has 0 bridgehead atoms. The average Bonchev–Trinajstić information content (AvgIpc) is 1.27. The van der Waals surface area contributed by atoms with Crippen LogP contribution < -0.4 is 5.73 Å². The van der Waals surface area contributed by atoms with Gasteiger partial charge in [-0.05, 0) is 0 Å². The molecule has 0 aliphatic carbocycles. The fourth-order valence-corrected chi connectivity index (χ4v) is 0.220. The van der Waals surface area contributed by atoms with Gasteiger partial charge in [-0.15, -0.1) is 0 Å². The Hall–Kier alpha value is 0.350. The van der Waals surface area contributed by atoms with Crippen molar-refractivity contribution >= 4 is 54.3 Å². The Kier molecular flexibility index (Phi) is 7.67. The molecule has 0 fully saturated rings. The van der Waals surface area contributed by atoms with Crippen LogP contribution in [0.1, 0.15) is 0 Å². The third-order valence-electron chi connectivity index (χ3n) is 0.165. The maximum Gasteiger partial charge on any atom is 0.353 e. The van der Waals surface area contributed by atoms with Gasteiger partial charge in [0.2, 0.25) is 0 Å². The third kappa shape index (κ3) is 9.60. The number of rotatable bonds is 0. The van der Waals surface area contributed by atoms with E-state index in [-0.39, 0.29) is 37.7 Å². The number of urea groups is 1. The van der Waals surface area contributed by atoms with Crippen LogP contribution in [0.2, 0.25) is 0 Å². The standard InChI is InChI=1S/CH2N2O3S.Ca/c2-1(4)3-7(5)6;/h(H2,2,4);. The summed E-state index contributed by atoms with van der Waals surface area (Å²) in [6.45, 7) is 0. The summed E-state index contributed by atoms with van der Waals surface area (Å²) in [4.78, 5) is 9.47. The van der Waals surface area contributed by atoms with E-state index in [0.29, 0.717) is 0 Å². The van der Waals surface area contributed by atoms with Crippen molar-refractivity contribution in [3.8, 4) is 0 Å². The van der Waals surface area contributed by atoms with Crippen molar-refractivity contribution in [1.29, 1.82) is 0 Å². The summed E-state index contributed by atoms with van der Waals surface area (Å²) < 4.78 is 21.0.